The molecule has 0 amide bonds. The number of phosphoric ester groups is 2. The maximum atomic E-state index is 13.1. The minimum Gasteiger partial charge on any atom is -0.462 e. The van der Waals surface area contributed by atoms with Gasteiger partial charge < -0.3 is 33.8 Å². The third-order valence-corrected chi connectivity index (χ3v) is 20.8. The van der Waals surface area contributed by atoms with E-state index in [1.54, 1.807) is 0 Å². The zero-order chi connectivity index (χ0) is 71.9. The van der Waals surface area contributed by atoms with Crippen LogP contribution in [0.3, 0.4) is 0 Å². The largest absolute Gasteiger partial charge is 0.472 e. The number of esters is 4. The van der Waals surface area contributed by atoms with Crippen molar-refractivity contribution in [1.82, 2.24) is 0 Å². The van der Waals surface area contributed by atoms with E-state index >= 15 is 0 Å². The maximum Gasteiger partial charge on any atom is 0.472 e. The van der Waals surface area contributed by atoms with Gasteiger partial charge in [-0.25, -0.2) is 9.13 Å². The van der Waals surface area contributed by atoms with Gasteiger partial charge in [-0.3, -0.25) is 37.3 Å². The fourth-order valence-electron chi connectivity index (χ4n) is 12.2. The van der Waals surface area contributed by atoms with Gasteiger partial charge in [0, 0.05) is 25.7 Å². The average Bonchev–Trinajstić information content (AvgIpc) is 0.977. The molecule has 0 heterocycles. The number of rotatable bonds is 79. The van der Waals surface area contributed by atoms with Crippen LogP contribution in [0.15, 0.2) is 0 Å². The molecule has 0 saturated carbocycles. The van der Waals surface area contributed by atoms with Crippen LogP contribution in [-0.4, -0.2) is 96.7 Å². The summed E-state index contributed by atoms with van der Waals surface area (Å²) >= 11 is 0. The quantitative estimate of drug-likeness (QED) is 0.0222. The van der Waals surface area contributed by atoms with Crippen molar-refractivity contribution in [3.05, 3.63) is 0 Å². The lowest BCUT2D eigenvalue weighted by Crippen LogP contribution is -2.30. The summed E-state index contributed by atoms with van der Waals surface area (Å²) in [7, 11) is -9.91. The molecule has 0 aromatic rings. The fourth-order valence-corrected chi connectivity index (χ4v) is 13.8. The molecule has 6 atom stereocenters. The minimum atomic E-state index is -4.96. The number of carbonyl (C=O) groups is 4. The first-order valence-electron chi connectivity index (χ1n) is 41.2. The Balaban J connectivity index is 5.18. The Kier molecular flexibility index (Phi) is 70.6. The van der Waals surface area contributed by atoms with Crippen LogP contribution in [0, 0.1) is 5.92 Å². The first kappa shape index (κ1) is 96.1. The van der Waals surface area contributed by atoms with Crippen LogP contribution < -0.4 is 0 Å². The summed E-state index contributed by atoms with van der Waals surface area (Å²) in [5.74, 6) is -1.24. The van der Waals surface area contributed by atoms with Gasteiger partial charge in [0.2, 0.25) is 0 Å². The third kappa shape index (κ3) is 71.1. The van der Waals surface area contributed by atoms with Gasteiger partial charge in [0.15, 0.2) is 12.2 Å². The zero-order valence-electron chi connectivity index (χ0n) is 63.9. The van der Waals surface area contributed by atoms with Gasteiger partial charge in [0.25, 0.3) is 0 Å². The smallest absolute Gasteiger partial charge is 0.462 e. The Bertz CT molecular complexity index is 1880. The highest BCUT2D eigenvalue weighted by Crippen LogP contribution is 2.45. The molecule has 0 saturated heterocycles. The minimum absolute atomic E-state index is 0.108. The van der Waals surface area contributed by atoms with Crippen molar-refractivity contribution in [3.8, 4) is 0 Å². The van der Waals surface area contributed by atoms with Crippen molar-refractivity contribution < 1.29 is 80.2 Å². The van der Waals surface area contributed by atoms with E-state index in [1.165, 1.54) is 244 Å². The summed E-state index contributed by atoms with van der Waals surface area (Å²) in [6.45, 7) is 7.37. The molecule has 3 N–H and O–H groups in total. The van der Waals surface area contributed by atoms with Gasteiger partial charge in [0.05, 0.1) is 26.4 Å². The van der Waals surface area contributed by atoms with E-state index < -0.39 is 97.5 Å². The summed E-state index contributed by atoms with van der Waals surface area (Å²) in [6, 6.07) is 0. The molecule has 0 aromatic heterocycles. The van der Waals surface area contributed by atoms with Crippen molar-refractivity contribution in [2.24, 2.45) is 5.92 Å². The van der Waals surface area contributed by atoms with Crippen LogP contribution in [0.1, 0.15) is 420 Å². The van der Waals surface area contributed by atoms with Crippen LogP contribution in [0.25, 0.3) is 0 Å². The normalized spacial score (nSPS) is 14.2. The number of ether oxygens (including phenoxy) is 4. The van der Waals surface area contributed by atoms with E-state index in [2.05, 4.69) is 34.6 Å². The molecule has 19 heteroatoms. The van der Waals surface area contributed by atoms with Crippen LogP contribution in [-0.2, 0) is 65.4 Å². The van der Waals surface area contributed by atoms with Crippen LogP contribution in [0.5, 0.6) is 0 Å². The molecular formula is C79H154O17P2. The SMILES string of the molecule is CCCCCCCCCCCCCCCCCC(=O)OC[C@H](COP(=O)(O)OC[C@@H](O)COP(=O)(O)OC[C@@H](COC(=O)CCCCCCCCCCC)OC(=O)CCCCCCCCCCCCCC)OC(=O)CCCCCCCCCCCCCCCCCCCCC(C)CC. The number of unbranched alkanes of at least 4 members (excludes halogenated alkanes) is 50. The molecule has 0 bridgehead atoms. The van der Waals surface area contributed by atoms with Crippen molar-refractivity contribution >= 4 is 39.5 Å². The molecule has 0 aliphatic carbocycles. The fraction of sp³-hybridized carbons (Fsp3) is 0.949. The Morgan fingerprint density at radius 3 is 0.724 bits per heavy atom. The molecule has 0 radical (unpaired) electrons. The molecule has 582 valence electrons. The Morgan fingerprint density at radius 2 is 0.490 bits per heavy atom. The van der Waals surface area contributed by atoms with E-state index in [1.807, 2.05) is 0 Å². The van der Waals surface area contributed by atoms with Crippen LogP contribution in [0.2, 0.25) is 0 Å². The predicted molar refractivity (Wildman–Crippen MR) is 400 cm³/mol. The number of hydrogen-bond acceptors (Lipinski definition) is 15. The van der Waals surface area contributed by atoms with E-state index in [9.17, 15) is 43.2 Å². The van der Waals surface area contributed by atoms with Crippen molar-refractivity contribution in [2.45, 2.75) is 438 Å². The van der Waals surface area contributed by atoms with Gasteiger partial charge in [-0.05, 0) is 31.6 Å². The van der Waals surface area contributed by atoms with E-state index in [4.69, 9.17) is 37.0 Å². The first-order chi connectivity index (χ1) is 47.6. The highest BCUT2D eigenvalue weighted by atomic mass is 31.2. The van der Waals surface area contributed by atoms with Crippen LogP contribution in [0.4, 0.5) is 0 Å². The molecule has 0 rings (SSSR count). The summed E-state index contributed by atoms with van der Waals surface area (Å²) < 4.78 is 68.6. The van der Waals surface area contributed by atoms with Gasteiger partial charge in [-0.1, -0.05) is 369 Å². The number of aliphatic hydroxyl groups is 1. The van der Waals surface area contributed by atoms with Crippen molar-refractivity contribution in [1.29, 1.82) is 0 Å². The van der Waals surface area contributed by atoms with E-state index in [0.717, 1.165) is 95.8 Å². The second kappa shape index (κ2) is 72.0. The van der Waals surface area contributed by atoms with Gasteiger partial charge in [0.1, 0.15) is 19.3 Å². The summed E-state index contributed by atoms with van der Waals surface area (Å²) in [6.07, 6.45) is 62.4. The second-order valence-electron chi connectivity index (χ2n) is 28.7. The number of hydrogen-bond donors (Lipinski definition) is 3. The number of phosphoric acid groups is 2. The highest BCUT2D eigenvalue weighted by molar-refractivity contribution is 7.47. The van der Waals surface area contributed by atoms with Gasteiger partial charge >= 0.3 is 39.5 Å². The van der Waals surface area contributed by atoms with Crippen molar-refractivity contribution in [3.63, 3.8) is 0 Å². The Morgan fingerprint density at radius 1 is 0.286 bits per heavy atom. The summed E-state index contributed by atoms with van der Waals surface area (Å²) in [4.78, 5) is 72.8. The lowest BCUT2D eigenvalue weighted by atomic mass is 9.99. The highest BCUT2D eigenvalue weighted by Gasteiger charge is 2.30. The molecule has 0 spiro atoms. The van der Waals surface area contributed by atoms with Crippen molar-refractivity contribution in [2.75, 3.05) is 39.6 Å². The summed E-state index contributed by atoms with van der Waals surface area (Å²) in [5.41, 5.74) is 0. The molecule has 0 aliphatic rings. The number of carbonyl (C=O) groups excluding carboxylic acids is 4. The van der Waals surface area contributed by atoms with Crippen LogP contribution >= 0.6 is 15.6 Å². The lowest BCUT2D eigenvalue weighted by Gasteiger charge is -2.21. The van der Waals surface area contributed by atoms with Gasteiger partial charge in [-0.15, -0.1) is 0 Å². The zero-order valence-corrected chi connectivity index (χ0v) is 65.7. The molecule has 0 aromatic carbocycles. The molecule has 98 heavy (non-hydrogen) atoms. The lowest BCUT2D eigenvalue weighted by molar-refractivity contribution is -0.161. The monoisotopic (exact) mass is 1440 g/mol. The number of aliphatic hydroxyl groups excluding tert-OH is 1. The van der Waals surface area contributed by atoms with Gasteiger partial charge in [-0.2, -0.15) is 0 Å². The topological polar surface area (TPSA) is 237 Å². The third-order valence-electron chi connectivity index (χ3n) is 18.9. The first-order valence-corrected chi connectivity index (χ1v) is 44.2. The Hall–Kier alpha value is -1.94. The molecule has 0 aliphatic heterocycles. The second-order valence-corrected chi connectivity index (χ2v) is 31.6. The molecular weight excluding hydrogens is 1280 g/mol. The van der Waals surface area contributed by atoms with E-state index in [0.29, 0.717) is 25.7 Å². The maximum absolute atomic E-state index is 13.1. The van der Waals surface area contributed by atoms with E-state index in [-0.39, 0.29) is 25.7 Å². The Labute approximate surface area is 600 Å². The molecule has 17 nitrogen and oxygen atoms in total. The predicted octanol–water partition coefficient (Wildman–Crippen LogP) is 23.6. The molecule has 0 fully saturated rings. The standard InChI is InChI=1S/C79H154O17P2/c1-6-10-13-16-19-22-24-26-31-35-39-43-48-53-58-63-77(82)90-69-75(96-79(84)65-60-55-50-45-40-36-33-30-28-27-29-32-34-37-42-46-51-56-61-72(5)9-4)71-94-98(87,88)92-67-73(80)66-91-97(85,86)93-70-74(68-89-76(81)62-57-52-47-41-21-18-15-12-8-3)95-78(83)64-59-54-49-44-38-25-23-20-17-14-11-7-2/h72-75,80H,6-71H2,1-5H3,(H,85,86)(H,87,88)/t72?,73-,74+,75+/m0/s1. The summed E-state index contributed by atoms with van der Waals surface area (Å²) in [5, 5.41) is 10.6. The molecule has 3 unspecified atom stereocenters. The average molecular weight is 1440 g/mol.